The highest BCUT2D eigenvalue weighted by Crippen LogP contribution is 2.33. The zero-order valence-corrected chi connectivity index (χ0v) is 12.2. The third-order valence-corrected chi connectivity index (χ3v) is 2.95. The number of aliphatic imine (C=N–C) groups is 1. The zero-order valence-electron chi connectivity index (χ0n) is 12.2. The molecule has 0 saturated carbocycles. The van der Waals surface area contributed by atoms with Crippen LogP contribution in [-0.2, 0) is 6.54 Å². The molecule has 2 rings (SSSR count). The number of fused-ring (bicyclic) bond motifs is 1. The van der Waals surface area contributed by atoms with E-state index in [9.17, 15) is 0 Å². The molecule has 0 spiro atoms. The van der Waals surface area contributed by atoms with Crippen LogP contribution >= 0.6 is 0 Å². The Hall–Kier alpha value is -1.91. The molecule has 0 aliphatic carbocycles. The molecule has 0 saturated heterocycles. The van der Waals surface area contributed by atoms with Gasteiger partial charge in [-0.3, -0.25) is 0 Å². The average molecular weight is 277 g/mol. The second kappa shape index (κ2) is 7.62. The Morgan fingerprint density at radius 3 is 2.65 bits per heavy atom. The molecule has 1 aliphatic rings. The Kier molecular flexibility index (Phi) is 5.53. The fraction of sp³-hybridized carbons (Fsp3) is 0.533. The molecule has 0 fully saturated rings. The van der Waals surface area contributed by atoms with Crippen molar-refractivity contribution in [2.45, 2.75) is 26.8 Å². The lowest BCUT2D eigenvalue weighted by atomic mass is 10.2. The molecule has 0 aromatic heterocycles. The average Bonchev–Trinajstić information content (AvgIpc) is 2.71. The molecule has 1 heterocycles. The molecule has 5 nitrogen and oxygen atoms in total. The normalized spacial score (nSPS) is 13.3. The number of para-hydroxylation sites is 1. The number of nitrogens with one attached hydrogen (secondary N) is 2. The van der Waals surface area contributed by atoms with Crippen molar-refractivity contribution >= 4 is 5.96 Å². The number of rotatable bonds is 4. The SMILES string of the molecule is CCNC(=NCc1cccc2c1OCCCO2)NCC. The lowest BCUT2D eigenvalue weighted by Gasteiger charge is -2.12. The molecular formula is C15H23N3O2. The third-order valence-electron chi connectivity index (χ3n) is 2.95. The van der Waals surface area contributed by atoms with Gasteiger partial charge in [0, 0.05) is 25.1 Å². The summed E-state index contributed by atoms with van der Waals surface area (Å²) >= 11 is 0. The lowest BCUT2D eigenvalue weighted by molar-refractivity contribution is 0.296. The first-order valence-electron chi connectivity index (χ1n) is 7.24. The van der Waals surface area contributed by atoms with E-state index in [1.54, 1.807) is 0 Å². The number of hydrogen-bond acceptors (Lipinski definition) is 3. The Morgan fingerprint density at radius 1 is 1.15 bits per heavy atom. The van der Waals surface area contributed by atoms with Crippen molar-refractivity contribution in [1.29, 1.82) is 0 Å². The van der Waals surface area contributed by atoms with Crippen molar-refractivity contribution in [1.82, 2.24) is 10.6 Å². The standard InChI is InChI=1S/C15H23N3O2/c1-3-16-15(17-4-2)18-11-12-7-5-8-13-14(12)20-10-6-9-19-13/h5,7-8H,3-4,6,9-11H2,1-2H3,(H2,16,17,18). The zero-order chi connectivity index (χ0) is 14.2. The largest absolute Gasteiger partial charge is 0.490 e. The van der Waals surface area contributed by atoms with E-state index in [0.717, 1.165) is 42.5 Å². The van der Waals surface area contributed by atoms with E-state index in [4.69, 9.17) is 9.47 Å². The number of benzene rings is 1. The molecule has 0 atom stereocenters. The van der Waals surface area contributed by atoms with Crippen LogP contribution in [0.5, 0.6) is 11.5 Å². The van der Waals surface area contributed by atoms with Gasteiger partial charge in [-0.25, -0.2) is 4.99 Å². The van der Waals surface area contributed by atoms with Crippen LogP contribution in [0.25, 0.3) is 0 Å². The molecular weight excluding hydrogens is 254 g/mol. The van der Waals surface area contributed by atoms with Gasteiger partial charge in [-0.1, -0.05) is 12.1 Å². The van der Waals surface area contributed by atoms with Crippen molar-refractivity contribution in [2.24, 2.45) is 4.99 Å². The molecule has 1 aliphatic heterocycles. The predicted octanol–water partition coefficient (Wildman–Crippen LogP) is 1.92. The van der Waals surface area contributed by atoms with Gasteiger partial charge in [0.05, 0.1) is 19.8 Å². The number of ether oxygens (including phenoxy) is 2. The minimum absolute atomic E-state index is 0.571. The number of nitrogens with zero attached hydrogens (tertiary/aromatic N) is 1. The van der Waals surface area contributed by atoms with Crippen molar-refractivity contribution in [3.63, 3.8) is 0 Å². The van der Waals surface area contributed by atoms with Gasteiger partial charge in [-0.2, -0.15) is 0 Å². The van der Waals surface area contributed by atoms with Crippen LogP contribution < -0.4 is 20.1 Å². The van der Waals surface area contributed by atoms with Crippen molar-refractivity contribution in [2.75, 3.05) is 26.3 Å². The maximum absolute atomic E-state index is 5.80. The summed E-state index contributed by atoms with van der Waals surface area (Å²) in [6.45, 7) is 7.77. The van der Waals surface area contributed by atoms with Gasteiger partial charge >= 0.3 is 0 Å². The van der Waals surface area contributed by atoms with E-state index in [0.29, 0.717) is 19.8 Å². The fourth-order valence-electron chi connectivity index (χ4n) is 2.05. The Labute approximate surface area is 120 Å². The van der Waals surface area contributed by atoms with Gasteiger partial charge in [-0.15, -0.1) is 0 Å². The predicted molar refractivity (Wildman–Crippen MR) is 80.5 cm³/mol. The van der Waals surface area contributed by atoms with Gasteiger partial charge in [0.1, 0.15) is 0 Å². The van der Waals surface area contributed by atoms with Crippen LogP contribution in [0.2, 0.25) is 0 Å². The Bertz CT molecular complexity index is 452. The van der Waals surface area contributed by atoms with Gasteiger partial charge in [0.15, 0.2) is 17.5 Å². The van der Waals surface area contributed by atoms with Crippen LogP contribution in [0, 0.1) is 0 Å². The number of guanidine groups is 1. The maximum atomic E-state index is 5.80. The molecule has 2 N–H and O–H groups in total. The van der Waals surface area contributed by atoms with Gasteiger partial charge in [0.25, 0.3) is 0 Å². The van der Waals surface area contributed by atoms with Crippen LogP contribution in [0.3, 0.4) is 0 Å². The molecule has 0 unspecified atom stereocenters. The van der Waals surface area contributed by atoms with E-state index in [1.807, 2.05) is 18.2 Å². The van der Waals surface area contributed by atoms with E-state index < -0.39 is 0 Å². The summed E-state index contributed by atoms with van der Waals surface area (Å²) in [6, 6.07) is 5.97. The smallest absolute Gasteiger partial charge is 0.191 e. The lowest BCUT2D eigenvalue weighted by Crippen LogP contribution is -2.36. The number of hydrogen-bond donors (Lipinski definition) is 2. The van der Waals surface area contributed by atoms with E-state index in [-0.39, 0.29) is 0 Å². The van der Waals surface area contributed by atoms with Crippen LogP contribution in [0.4, 0.5) is 0 Å². The summed E-state index contributed by atoms with van der Waals surface area (Å²) in [7, 11) is 0. The first-order valence-corrected chi connectivity index (χ1v) is 7.24. The second-order valence-corrected chi connectivity index (χ2v) is 4.52. The first kappa shape index (κ1) is 14.5. The quantitative estimate of drug-likeness (QED) is 0.652. The van der Waals surface area contributed by atoms with E-state index in [2.05, 4.69) is 29.5 Å². The summed E-state index contributed by atoms with van der Waals surface area (Å²) in [4.78, 5) is 4.57. The minimum atomic E-state index is 0.571. The van der Waals surface area contributed by atoms with Crippen molar-refractivity contribution in [3.8, 4) is 11.5 Å². The Balaban J connectivity index is 2.14. The third kappa shape index (κ3) is 3.79. The summed E-state index contributed by atoms with van der Waals surface area (Å²) in [5.74, 6) is 2.48. The van der Waals surface area contributed by atoms with Crippen molar-refractivity contribution < 1.29 is 9.47 Å². The molecule has 20 heavy (non-hydrogen) atoms. The molecule has 1 aromatic rings. The topological polar surface area (TPSA) is 54.9 Å². The molecule has 5 heteroatoms. The van der Waals surface area contributed by atoms with E-state index in [1.165, 1.54) is 0 Å². The second-order valence-electron chi connectivity index (χ2n) is 4.52. The maximum Gasteiger partial charge on any atom is 0.191 e. The van der Waals surface area contributed by atoms with Crippen LogP contribution in [0.1, 0.15) is 25.8 Å². The van der Waals surface area contributed by atoms with Gasteiger partial charge < -0.3 is 20.1 Å². The Morgan fingerprint density at radius 2 is 1.90 bits per heavy atom. The minimum Gasteiger partial charge on any atom is -0.490 e. The molecule has 0 bridgehead atoms. The highest BCUT2D eigenvalue weighted by Gasteiger charge is 2.14. The summed E-state index contributed by atoms with van der Waals surface area (Å²) in [5.41, 5.74) is 1.05. The fourth-order valence-corrected chi connectivity index (χ4v) is 2.05. The van der Waals surface area contributed by atoms with E-state index >= 15 is 0 Å². The summed E-state index contributed by atoms with van der Waals surface area (Å²) < 4.78 is 11.5. The summed E-state index contributed by atoms with van der Waals surface area (Å²) in [5, 5.41) is 6.43. The van der Waals surface area contributed by atoms with Crippen LogP contribution in [0.15, 0.2) is 23.2 Å². The van der Waals surface area contributed by atoms with Crippen molar-refractivity contribution in [3.05, 3.63) is 23.8 Å². The molecule has 1 aromatic carbocycles. The molecule has 0 radical (unpaired) electrons. The summed E-state index contributed by atoms with van der Waals surface area (Å²) in [6.07, 6.45) is 0.914. The van der Waals surface area contributed by atoms with Crippen LogP contribution in [-0.4, -0.2) is 32.3 Å². The first-order chi connectivity index (χ1) is 9.85. The monoisotopic (exact) mass is 277 g/mol. The van der Waals surface area contributed by atoms with Gasteiger partial charge in [-0.05, 0) is 19.9 Å². The molecule has 110 valence electrons. The molecule has 0 amide bonds. The highest BCUT2D eigenvalue weighted by molar-refractivity contribution is 5.79. The highest BCUT2D eigenvalue weighted by atomic mass is 16.5. The van der Waals surface area contributed by atoms with Gasteiger partial charge in [0.2, 0.25) is 0 Å².